The van der Waals surface area contributed by atoms with E-state index in [1.807, 2.05) is 12.1 Å². The monoisotopic (exact) mass is 471 g/mol. The Morgan fingerprint density at radius 1 is 1.06 bits per heavy atom. The zero-order valence-corrected chi connectivity index (χ0v) is 20.4. The van der Waals surface area contributed by atoms with E-state index in [0.29, 0.717) is 19.0 Å². The summed E-state index contributed by atoms with van der Waals surface area (Å²) in [6.45, 7) is 2.52. The van der Waals surface area contributed by atoms with Crippen LogP contribution in [0.15, 0.2) is 60.7 Å². The number of carbonyl (C=O) groups excluding carboxylic acids is 1. The Balaban J connectivity index is 1.23. The number of hydrogen-bond acceptors (Lipinski definition) is 5. The molecule has 3 unspecified atom stereocenters. The molecule has 6 rings (SSSR count). The normalized spacial score (nSPS) is 26.3. The van der Waals surface area contributed by atoms with E-state index in [0.717, 1.165) is 37.1 Å². The fraction of sp³-hybridized carbons (Fsp3) is 0.414. The summed E-state index contributed by atoms with van der Waals surface area (Å²) < 4.78 is 6.06. The van der Waals surface area contributed by atoms with Crippen LogP contribution in [0.5, 0.6) is 0 Å². The van der Waals surface area contributed by atoms with Gasteiger partial charge < -0.3 is 20.1 Å². The minimum absolute atomic E-state index is 0.00855. The van der Waals surface area contributed by atoms with Crippen LogP contribution >= 0.6 is 0 Å². The van der Waals surface area contributed by atoms with Gasteiger partial charge in [0, 0.05) is 44.5 Å². The molecule has 1 aliphatic carbocycles. The smallest absolute Gasteiger partial charge is 0.223 e. The topological polar surface area (TPSA) is 65.0 Å². The number of piperidine rings is 1. The number of para-hydroxylation sites is 1. The number of amides is 1. The second-order valence-corrected chi connectivity index (χ2v) is 10.1. The van der Waals surface area contributed by atoms with Crippen molar-refractivity contribution in [3.05, 3.63) is 77.4 Å². The van der Waals surface area contributed by atoms with Crippen LogP contribution in [0.4, 0.5) is 5.69 Å². The molecule has 0 radical (unpaired) electrons. The summed E-state index contributed by atoms with van der Waals surface area (Å²) in [5.74, 6) is -0.0118. The van der Waals surface area contributed by atoms with Crippen LogP contribution in [-0.4, -0.2) is 55.7 Å². The van der Waals surface area contributed by atoms with Gasteiger partial charge in [0.15, 0.2) is 0 Å². The molecule has 0 saturated carbocycles. The zero-order valence-electron chi connectivity index (χ0n) is 20.4. The van der Waals surface area contributed by atoms with E-state index in [1.165, 1.54) is 22.0 Å². The van der Waals surface area contributed by atoms with Gasteiger partial charge in [-0.25, -0.2) is 0 Å². The Morgan fingerprint density at radius 2 is 1.77 bits per heavy atom. The van der Waals surface area contributed by atoms with Gasteiger partial charge in [0.2, 0.25) is 5.91 Å². The van der Waals surface area contributed by atoms with Crippen molar-refractivity contribution >= 4 is 22.4 Å². The quantitative estimate of drug-likeness (QED) is 0.591. The lowest BCUT2D eigenvalue weighted by Gasteiger charge is -2.42. The highest BCUT2D eigenvalue weighted by Crippen LogP contribution is 2.49. The summed E-state index contributed by atoms with van der Waals surface area (Å²) >= 11 is 0. The van der Waals surface area contributed by atoms with Gasteiger partial charge in [-0.3, -0.25) is 9.69 Å². The third-order valence-corrected chi connectivity index (χ3v) is 8.48. The summed E-state index contributed by atoms with van der Waals surface area (Å²) in [7, 11) is 3.39. The van der Waals surface area contributed by atoms with Crippen LogP contribution in [0, 0.1) is 0 Å². The highest BCUT2D eigenvalue weighted by Gasteiger charge is 2.47. The van der Waals surface area contributed by atoms with Gasteiger partial charge >= 0.3 is 0 Å². The number of fused-ring (bicyclic) bond motifs is 1. The van der Waals surface area contributed by atoms with Gasteiger partial charge in [0.1, 0.15) is 5.60 Å². The Morgan fingerprint density at radius 3 is 2.49 bits per heavy atom. The van der Waals surface area contributed by atoms with Crippen LogP contribution in [0.2, 0.25) is 0 Å². The highest BCUT2D eigenvalue weighted by molar-refractivity contribution is 5.92. The molecule has 0 bridgehead atoms. The number of ether oxygens (including phenoxy) is 1. The molecule has 182 valence electrons. The van der Waals surface area contributed by atoms with Crippen molar-refractivity contribution in [2.24, 2.45) is 0 Å². The maximum Gasteiger partial charge on any atom is 0.223 e. The number of nitrogens with one attached hydrogen (secondary N) is 1. The third kappa shape index (κ3) is 3.46. The first-order valence-corrected chi connectivity index (χ1v) is 12.6. The molecule has 2 N–H and O–H groups in total. The fourth-order valence-electron chi connectivity index (χ4n) is 6.73. The molecule has 1 fully saturated rings. The first kappa shape index (κ1) is 22.5. The minimum atomic E-state index is -0.632. The van der Waals surface area contributed by atoms with Crippen LogP contribution < -0.4 is 10.2 Å². The van der Waals surface area contributed by atoms with Crippen LogP contribution in [0.3, 0.4) is 0 Å². The van der Waals surface area contributed by atoms with Crippen molar-refractivity contribution in [1.82, 2.24) is 10.2 Å². The number of nitrogens with zero attached hydrogens (tertiary/aromatic N) is 2. The number of rotatable bonds is 5. The number of benzene rings is 3. The molecule has 0 aromatic heterocycles. The van der Waals surface area contributed by atoms with Crippen LogP contribution in [0.25, 0.3) is 10.8 Å². The Hall–Kier alpha value is -2.93. The average molecular weight is 472 g/mol. The molecule has 3 aliphatic rings. The SMILES string of the molecule is CNC(=O)CC1(OC)CN(C2CCN(C3c4cccc5cccc(c45)C3O)CC2)c2ccccc21. The third-order valence-electron chi connectivity index (χ3n) is 8.48. The van der Waals surface area contributed by atoms with Crippen LogP contribution in [-0.2, 0) is 15.1 Å². The number of anilines is 1. The lowest BCUT2D eigenvalue weighted by Crippen LogP contribution is -2.48. The predicted octanol–water partition coefficient (Wildman–Crippen LogP) is 3.89. The number of carbonyl (C=O) groups is 1. The number of aliphatic hydroxyl groups excluding tert-OH is 1. The van der Waals surface area contributed by atoms with E-state index < -0.39 is 11.7 Å². The first-order chi connectivity index (χ1) is 17.1. The minimum Gasteiger partial charge on any atom is -0.386 e. The van der Waals surface area contributed by atoms with E-state index in [2.05, 4.69) is 63.6 Å². The summed E-state index contributed by atoms with van der Waals surface area (Å²) in [6, 6.07) is 21.4. The summed E-state index contributed by atoms with van der Waals surface area (Å²) in [4.78, 5) is 17.3. The molecule has 0 spiro atoms. The van der Waals surface area contributed by atoms with Crippen molar-refractivity contribution in [3.63, 3.8) is 0 Å². The molecule has 2 aliphatic heterocycles. The molecular weight excluding hydrogens is 438 g/mol. The molecular formula is C29H33N3O3. The van der Waals surface area contributed by atoms with E-state index >= 15 is 0 Å². The van der Waals surface area contributed by atoms with E-state index in [9.17, 15) is 9.90 Å². The van der Waals surface area contributed by atoms with Gasteiger partial charge in [-0.15, -0.1) is 0 Å². The van der Waals surface area contributed by atoms with Crippen molar-refractivity contribution in [3.8, 4) is 0 Å². The van der Waals surface area contributed by atoms with Crippen molar-refractivity contribution in [1.29, 1.82) is 0 Å². The van der Waals surface area contributed by atoms with Gasteiger partial charge in [-0.05, 0) is 40.8 Å². The first-order valence-electron chi connectivity index (χ1n) is 12.6. The molecule has 3 aromatic rings. The molecule has 1 amide bonds. The highest BCUT2D eigenvalue weighted by atomic mass is 16.5. The Labute approximate surface area is 206 Å². The maximum absolute atomic E-state index is 12.4. The van der Waals surface area contributed by atoms with E-state index in [-0.39, 0.29) is 11.9 Å². The van der Waals surface area contributed by atoms with Crippen LogP contribution in [0.1, 0.15) is 48.1 Å². The summed E-state index contributed by atoms with van der Waals surface area (Å²) in [6.07, 6.45) is 1.82. The maximum atomic E-state index is 12.4. The number of methoxy groups -OCH3 is 1. The summed E-state index contributed by atoms with van der Waals surface area (Å²) in [5.41, 5.74) is 3.95. The van der Waals surface area contributed by atoms with Gasteiger partial charge in [-0.1, -0.05) is 54.6 Å². The second kappa shape index (κ2) is 8.63. The molecule has 2 heterocycles. The molecule has 3 aromatic carbocycles. The Kier molecular flexibility index (Phi) is 5.55. The van der Waals surface area contributed by atoms with E-state index in [4.69, 9.17) is 4.74 Å². The molecule has 6 nitrogen and oxygen atoms in total. The Bertz CT molecular complexity index is 1260. The van der Waals surface area contributed by atoms with Crippen molar-refractivity contribution < 1.29 is 14.6 Å². The molecule has 3 atom stereocenters. The van der Waals surface area contributed by atoms with E-state index in [1.54, 1.807) is 14.2 Å². The average Bonchev–Trinajstić information content (AvgIpc) is 3.38. The summed E-state index contributed by atoms with van der Waals surface area (Å²) in [5, 5.41) is 16.5. The lowest BCUT2D eigenvalue weighted by molar-refractivity contribution is -0.127. The predicted molar refractivity (Wildman–Crippen MR) is 137 cm³/mol. The fourth-order valence-corrected chi connectivity index (χ4v) is 6.73. The molecule has 35 heavy (non-hydrogen) atoms. The van der Waals surface area contributed by atoms with Gasteiger partial charge in [0.25, 0.3) is 0 Å². The molecule has 1 saturated heterocycles. The van der Waals surface area contributed by atoms with Gasteiger partial charge in [-0.2, -0.15) is 0 Å². The lowest BCUT2D eigenvalue weighted by atomic mass is 9.92. The number of hydrogen-bond donors (Lipinski definition) is 2. The second-order valence-electron chi connectivity index (χ2n) is 10.1. The number of aliphatic hydroxyl groups is 1. The van der Waals surface area contributed by atoms with Crippen molar-refractivity contribution in [2.75, 3.05) is 38.7 Å². The zero-order chi connectivity index (χ0) is 24.2. The molecule has 6 heteroatoms. The number of likely N-dealkylation sites (tertiary alicyclic amines) is 1. The standard InChI is InChI=1S/C29H33N3O3/c1-30-25(33)17-29(35-2)18-32(24-12-4-3-11-23(24)29)20-13-15-31(16-14-20)27-21-9-5-7-19-8-6-10-22(26(19)21)28(27)34/h3-12,20,27-28,34H,13-18H2,1-2H3,(H,30,33). The van der Waals surface area contributed by atoms with Gasteiger partial charge in [0.05, 0.1) is 25.1 Å². The van der Waals surface area contributed by atoms with Crippen molar-refractivity contribution in [2.45, 2.75) is 43.1 Å². The largest absolute Gasteiger partial charge is 0.386 e.